The van der Waals surface area contributed by atoms with Crippen molar-refractivity contribution in [1.29, 1.82) is 0 Å². The summed E-state index contributed by atoms with van der Waals surface area (Å²) in [5.74, 6) is 3.44. The van der Waals surface area contributed by atoms with Crippen molar-refractivity contribution in [3.8, 4) is 23.0 Å². The summed E-state index contributed by atoms with van der Waals surface area (Å²) < 4.78 is 14.1. The number of benzene rings is 8. The van der Waals surface area contributed by atoms with Gasteiger partial charge in [-0.2, -0.15) is 0 Å². The van der Waals surface area contributed by atoms with Crippen molar-refractivity contribution in [3.05, 3.63) is 209 Å². The van der Waals surface area contributed by atoms with Crippen molar-refractivity contribution in [3.63, 3.8) is 0 Å². The number of anilines is 6. The Bertz CT molecular complexity index is 2950. The Balaban J connectivity index is 1.09. The van der Waals surface area contributed by atoms with Gasteiger partial charge in [0.15, 0.2) is 0 Å². The number of nitrogens with zero attached hydrogens (tertiary/aromatic N) is 2. The molecule has 0 atom stereocenters. The molecular formula is C57H47BN2O2. The summed E-state index contributed by atoms with van der Waals surface area (Å²) in [5.41, 5.74) is 17.0. The largest absolute Gasteiger partial charge is 0.458 e. The Morgan fingerprint density at radius 1 is 0.387 bits per heavy atom. The van der Waals surface area contributed by atoms with Gasteiger partial charge < -0.3 is 19.3 Å². The van der Waals surface area contributed by atoms with E-state index in [0.717, 1.165) is 51.2 Å². The van der Waals surface area contributed by atoms with Crippen LogP contribution in [0.15, 0.2) is 176 Å². The van der Waals surface area contributed by atoms with E-state index in [0.29, 0.717) is 0 Å². The molecule has 0 saturated carbocycles. The number of para-hydroxylation sites is 5. The van der Waals surface area contributed by atoms with Crippen LogP contribution in [0.1, 0.15) is 74.9 Å². The molecule has 5 heteroatoms. The first-order valence-corrected chi connectivity index (χ1v) is 21.9. The SMILES string of the molecule is CC(C)(C)c1ccc2c(c1)B1c3cc(C(C)(C)C)ccc3Oc3cc(N4c5ccccc5C5(c6ccccc6N(c6ccccc6)c6ccccc65)c5ccccc54)cc(c31)O2. The average molecular weight is 803 g/mol. The molecule has 0 radical (unpaired) electrons. The van der Waals surface area contributed by atoms with Crippen LogP contribution in [-0.2, 0) is 16.2 Å². The molecule has 0 N–H and O–H groups in total. The molecular weight excluding hydrogens is 755 g/mol. The van der Waals surface area contributed by atoms with Gasteiger partial charge in [-0.05, 0) is 104 Å². The smallest absolute Gasteiger partial charge is 0.260 e. The van der Waals surface area contributed by atoms with Gasteiger partial charge in [0, 0.05) is 23.3 Å². The van der Waals surface area contributed by atoms with Gasteiger partial charge in [0.05, 0.1) is 33.9 Å². The molecule has 0 bridgehead atoms. The predicted molar refractivity (Wildman–Crippen MR) is 256 cm³/mol. The number of hydrogen-bond acceptors (Lipinski definition) is 4. The van der Waals surface area contributed by atoms with E-state index < -0.39 is 5.41 Å². The molecule has 0 unspecified atom stereocenters. The van der Waals surface area contributed by atoms with Crippen LogP contribution in [0.3, 0.4) is 0 Å². The van der Waals surface area contributed by atoms with Gasteiger partial charge in [-0.25, -0.2) is 0 Å². The molecule has 62 heavy (non-hydrogen) atoms. The summed E-state index contributed by atoms with van der Waals surface area (Å²) in [6, 6.07) is 64.7. The monoisotopic (exact) mass is 802 g/mol. The fourth-order valence-corrected chi connectivity index (χ4v) is 10.8. The van der Waals surface area contributed by atoms with Gasteiger partial charge in [0.25, 0.3) is 6.71 Å². The zero-order chi connectivity index (χ0) is 42.1. The second-order valence-corrected chi connectivity index (χ2v) is 19.3. The van der Waals surface area contributed by atoms with Crippen LogP contribution in [0.25, 0.3) is 0 Å². The average Bonchev–Trinajstić information content (AvgIpc) is 3.28. The van der Waals surface area contributed by atoms with Crippen LogP contribution in [-0.4, -0.2) is 6.71 Å². The van der Waals surface area contributed by atoms with E-state index in [9.17, 15) is 0 Å². The summed E-state index contributed by atoms with van der Waals surface area (Å²) in [5, 5.41) is 0. The maximum atomic E-state index is 7.06. The minimum atomic E-state index is -0.615. The van der Waals surface area contributed by atoms with Crippen molar-refractivity contribution in [2.75, 3.05) is 9.80 Å². The molecule has 8 aromatic rings. The number of rotatable bonds is 2. The minimum absolute atomic E-state index is 0.0190. The summed E-state index contributed by atoms with van der Waals surface area (Å²) in [4.78, 5) is 4.86. The molecule has 0 saturated heterocycles. The van der Waals surface area contributed by atoms with Gasteiger partial charge in [0.2, 0.25) is 0 Å². The maximum absolute atomic E-state index is 7.06. The van der Waals surface area contributed by atoms with E-state index in [1.807, 2.05) is 0 Å². The summed E-state index contributed by atoms with van der Waals surface area (Å²) in [6.45, 7) is 13.6. The van der Waals surface area contributed by atoms with Crippen LogP contribution in [0.2, 0.25) is 0 Å². The Kier molecular flexibility index (Phi) is 7.73. The van der Waals surface area contributed by atoms with Crippen LogP contribution < -0.4 is 35.7 Å². The van der Waals surface area contributed by atoms with Gasteiger partial charge in [0.1, 0.15) is 23.0 Å². The highest BCUT2D eigenvalue weighted by Gasteiger charge is 2.52. The van der Waals surface area contributed by atoms with Crippen LogP contribution >= 0.6 is 0 Å². The van der Waals surface area contributed by atoms with Crippen LogP contribution in [0.5, 0.6) is 23.0 Å². The first-order chi connectivity index (χ1) is 30.0. The van der Waals surface area contributed by atoms with Crippen molar-refractivity contribution in [1.82, 2.24) is 0 Å². The van der Waals surface area contributed by atoms with Gasteiger partial charge >= 0.3 is 0 Å². The fraction of sp³-hybridized carbons (Fsp3) is 0.158. The van der Waals surface area contributed by atoms with Gasteiger partial charge in [-0.3, -0.25) is 0 Å². The molecule has 0 amide bonds. The third-order valence-corrected chi connectivity index (χ3v) is 13.7. The van der Waals surface area contributed by atoms with E-state index in [1.54, 1.807) is 0 Å². The Morgan fingerprint density at radius 2 is 0.758 bits per heavy atom. The van der Waals surface area contributed by atoms with Crippen molar-refractivity contribution >= 4 is 57.2 Å². The number of hydrogen-bond donors (Lipinski definition) is 0. The zero-order valence-corrected chi connectivity index (χ0v) is 36.0. The summed E-state index contributed by atoms with van der Waals surface area (Å²) >= 11 is 0. The van der Waals surface area contributed by atoms with Gasteiger partial charge in [-0.15, -0.1) is 0 Å². The first kappa shape index (κ1) is 36.8. The topological polar surface area (TPSA) is 24.9 Å². The van der Waals surface area contributed by atoms with E-state index in [-0.39, 0.29) is 17.5 Å². The number of ether oxygens (including phenoxy) is 2. The lowest BCUT2D eigenvalue weighted by atomic mass is 9.34. The third kappa shape index (κ3) is 5.14. The predicted octanol–water partition coefficient (Wildman–Crippen LogP) is 13.0. The maximum Gasteiger partial charge on any atom is 0.260 e. The quantitative estimate of drug-likeness (QED) is 0.163. The molecule has 1 spiro atoms. The molecule has 4 heterocycles. The lowest BCUT2D eigenvalue weighted by molar-refractivity contribution is 0.464. The summed E-state index contributed by atoms with van der Waals surface area (Å²) in [6.07, 6.45) is 0. The van der Waals surface area contributed by atoms with Crippen molar-refractivity contribution in [2.24, 2.45) is 0 Å². The first-order valence-electron chi connectivity index (χ1n) is 21.9. The normalized spacial score (nSPS) is 14.9. The highest BCUT2D eigenvalue weighted by molar-refractivity contribution is 6.98. The molecule has 4 nitrogen and oxygen atoms in total. The second-order valence-electron chi connectivity index (χ2n) is 19.3. The Labute approximate surface area is 365 Å². The van der Waals surface area contributed by atoms with Crippen molar-refractivity contribution in [2.45, 2.75) is 57.8 Å². The second kappa shape index (κ2) is 13.0. The molecule has 0 aromatic heterocycles. The van der Waals surface area contributed by atoms with Crippen LogP contribution in [0.4, 0.5) is 34.1 Å². The molecule has 0 fully saturated rings. The van der Waals surface area contributed by atoms with Gasteiger partial charge in [-0.1, -0.05) is 157 Å². The van der Waals surface area contributed by atoms with Crippen LogP contribution in [0, 0.1) is 0 Å². The Morgan fingerprint density at radius 3 is 1.16 bits per heavy atom. The molecule has 4 aliphatic rings. The molecule has 300 valence electrons. The zero-order valence-electron chi connectivity index (χ0n) is 36.0. The summed E-state index contributed by atoms with van der Waals surface area (Å²) in [7, 11) is 0. The highest BCUT2D eigenvalue weighted by atomic mass is 16.5. The molecule has 4 aliphatic heterocycles. The van der Waals surface area contributed by atoms with E-state index in [2.05, 4.69) is 227 Å². The van der Waals surface area contributed by atoms with E-state index in [4.69, 9.17) is 9.47 Å². The lowest BCUT2D eigenvalue weighted by Crippen LogP contribution is -2.57. The Hall–Kier alpha value is -6.98. The van der Waals surface area contributed by atoms with E-state index in [1.165, 1.54) is 55.7 Å². The molecule has 0 aliphatic carbocycles. The third-order valence-electron chi connectivity index (χ3n) is 13.7. The standard InChI is InChI=1S/C57H47BN2O2/c1-55(2,3)36-28-30-50-44(32-36)58-45-33-37(56(4,5)6)29-31-51(45)62-53-35-39(34-52(61-50)54(53)58)60-48-26-16-12-22-42(48)57(43-23-13-17-27-49(43)60)40-20-10-14-24-46(40)59(38-18-8-7-9-19-38)47-25-15-11-21-41(47)57/h7-35H,1-6H3. The van der Waals surface area contributed by atoms with E-state index >= 15 is 0 Å². The minimum Gasteiger partial charge on any atom is -0.458 e. The highest BCUT2D eigenvalue weighted by Crippen LogP contribution is 2.64. The van der Waals surface area contributed by atoms with Crippen molar-refractivity contribution < 1.29 is 9.47 Å². The number of fused-ring (bicyclic) bond motifs is 12. The molecule has 8 aromatic carbocycles. The molecule has 12 rings (SSSR count). The fourth-order valence-electron chi connectivity index (χ4n) is 10.8. The lowest BCUT2D eigenvalue weighted by Gasteiger charge is -2.51.